The van der Waals surface area contributed by atoms with Crippen LogP contribution < -0.4 is 10.6 Å². The van der Waals surface area contributed by atoms with Gasteiger partial charge in [0.2, 0.25) is 0 Å². The molecule has 3 aromatic carbocycles. The van der Waals surface area contributed by atoms with Gasteiger partial charge in [-0.1, -0.05) is 41.9 Å². The first kappa shape index (κ1) is 23.5. The van der Waals surface area contributed by atoms with Crippen molar-refractivity contribution in [2.24, 2.45) is 0 Å². The summed E-state index contributed by atoms with van der Waals surface area (Å²) in [6.07, 6.45) is 1.55. The van der Waals surface area contributed by atoms with Crippen LogP contribution in [0.3, 0.4) is 0 Å². The van der Waals surface area contributed by atoms with Gasteiger partial charge >= 0.3 is 5.97 Å². The van der Waals surface area contributed by atoms with E-state index in [4.69, 9.17) is 16.3 Å². The van der Waals surface area contributed by atoms with Crippen LogP contribution in [-0.2, 0) is 9.53 Å². The minimum Gasteiger partial charge on any atom is -0.465 e. The summed E-state index contributed by atoms with van der Waals surface area (Å²) < 4.78 is 5.46. The molecule has 0 spiro atoms. The maximum absolute atomic E-state index is 13.0. The van der Waals surface area contributed by atoms with Crippen molar-refractivity contribution in [1.29, 1.82) is 0 Å². The largest absolute Gasteiger partial charge is 0.465 e. The summed E-state index contributed by atoms with van der Waals surface area (Å²) in [5, 5.41) is 5.94. The third-order valence-corrected chi connectivity index (χ3v) is 5.53. The Morgan fingerprint density at radius 1 is 0.969 bits per heavy atom. The topological polar surface area (TPSA) is 84.5 Å². The van der Waals surface area contributed by atoms with E-state index < -0.39 is 17.8 Å². The normalized spacial score (nSPS) is 10.9. The van der Waals surface area contributed by atoms with Crippen molar-refractivity contribution < 1.29 is 19.1 Å². The molecular formula is C24H18ClIN2O4. The van der Waals surface area contributed by atoms with Crippen LogP contribution in [0.1, 0.15) is 26.3 Å². The number of benzene rings is 3. The maximum Gasteiger partial charge on any atom is 0.337 e. The van der Waals surface area contributed by atoms with Crippen LogP contribution >= 0.6 is 34.2 Å². The Morgan fingerprint density at radius 3 is 2.38 bits per heavy atom. The van der Waals surface area contributed by atoms with Crippen LogP contribution in [-0.4, -0.2) is 24.9 Å². The molecule has 0 bridgehead atoms. The van der Waals surface area contributed by atoms with Gasteiger partial charge in [-0.25, -0.2) is 4.79 Å². The van der Waals surface area contributed by atoms with E-state index in [1.54, 1.807) is 66.7 Å². The molecule has 0 aliphatic heterocycles. The Morgan fingerprint density at radius 2 is 1.69 bits per heavy atom. The summed E-state index contributed by atoms with van der Waals surface area (Å²) in [5.74, 6) is -1.50. The third kappa shape index (κ3) is 6.18. The molecule has 162 valence electrons. The predicted octanol–water partition coefficient (Wildman–Crippen LogP) is 5.14. The number of nitrogens with one attached hydrogen (secondary N) is 2. The molecule has 0 fully saturated rings. The van der Waals surface area contributed by atoms with Crippen LogP contribution in [0.15, 0.2) is 78.5 Å². The van der Waals surface area contributed by atoms with Crippen molar-refractivity contribution in [2.45, 2.75) is 0 Å². The zero-order valence-electron chi connectivity index (χ0n) is 16.9. The molecule has 8 heteroatoms. The first-order chi connectivity index (χ1) is 15.4. The van der Waals surface area contributed by atoms with E-state index in [0.717, 1.165) is 3.57 Å². The smallest absolute Gasteiger partial charge is 0.337 e. The molecule has 0 unspecified atom stereocenters. The minimum atomic E-state index is -0.554. The van der Waals surface area contributed by atoms with E-state index in [1.807, 2.05) is 6.07 Å². The molecule has 0 aromatic heterocycles. The summed E-state index contributed by atoms with van der Waals surface area (Å²) in [6, 6.07) is 20.2. The fourth-order valence-corrected chi connectivity index (χ4v) is 3.52. The van der Waals surface area contributed by atoms with E-state index in [1.165, 1.54) is 13.2 Å². The Bertz CT molecular complexity index is 1190. The molecule has 0 radical (unpaired) electrons. The van der Waals surface area contributed by atoms with Gasteiger partial charge < -0.3 is 15.4 Å². The Labute approximate surface area is 203 Å². The lowest BCUT2D eigenvalue weighted by molar-refractivity contribution is -0.113. The predicted molar refractivity (Wildman–Crippen MR) is 132 cm³/mol. The second-order valence-corrected chi connectivity index (χ2v) is 8.17. The lowest BCUT2D eigenvalue weighted by atomic mass is 10.1. The number of ether oxygens (including phenoxy) is 1. The van der Waals surface area contributed by atoms with E-state index in [-0.39, 0.29) is 11.3 Å². The van der Waals surface area contributed by atoms with E-state index in [0.29, 0.717) is 21.8 Å². The van der Waals surface area contributed by atoms with Gasteiger partial charge in [-0.2, -0.15) is 0 Å². The van der Waals surface area contributed by atoms with E-state index in [9.17, 15) is 14.4 Å². The lowest BCUT2D eigenvalue weighted by Gasteiger charge is -2.12. The molecule has 2 amide bonds. The number of rotatable bonds is 6. The van der Waals surface area contributed by atoms with Crippen LogP contribution in [0.25, 0.3) is 6.08 Å². The fourth-order valence-electron chi connectivity index (χ4n) is 2.76. The van der Waals surface area contributed by atoms with Gasteiger partial charge in [0.1, 0.15) is 5.70 Å². The summed E-state index contributed by atoms with van der Waals surface area (Å²) in [5.41, 5.74) is 1.81. The monoisotopic (exact) mass is 560 g/mol. The number of anilines is 1. The molecule has 0 saturated heterocycles. The molecule has 0 atom stereocenters. The number of amides is 2. The average molecular weight is 561 g/mol. The number of hydrogen-bond acceptors (Lipinski definition) is 4. The van der Waals surface area contributed by atoms with Gasteiger partial charge in [-0.15, -0.1) is 0 Å². The summed E-state index contributed by atoms with van der Waals surface area (Å²) >= 11 is 8.00. The number of carbonyl (C=O) groups is 3. The second-order valence-electron chi connectivity index (χ2n) is 6.57. The average Bonchev–Trinajstić information content (AvgIpc) is 2.79. The highest BCUT2D eigenvalue weighted by Crippen LogP contribution is 2.17. The molecule has 32 heavy (non-hydrogen) atoms. The van der Waals surface area contributed by atoms with Crippen molar-refractivity contribution >= 4 is 63.7 Å². The van der Waals surface area contributed by atoms with Crippen molar-refractivity contribution in [3.8, 4) is 0 Å². The molecule has 2 N–H and O–H groups in total. The summed E-state index contributed by atoms with van der Waals surface area (Å²) in [7, 11) is 1.28. The van der Waals surface area contributed by atoms with Crippen LogP contribution in [0, 0.1) is 3.57 Å². The molecule has 0 aliphatic carbocycles. The first-order valence-electron chi connectivity index (χ1n) is 9.40. The Kier molecular flexibility index (Phi) is 8.02. The lowest BCUT2D eigenvalue weighted by Crippen LogP contribution is -2.31. The molecule has 0 saturated carbocycles. The van der Waals surface area contributed by atoms with Gasteiger partial charge in [-0.3, -0.25) is 9.59 Å². The fraction of sp³-hybridized carbons (Fsp3) is 0.0417. The Balaban J connectivity index is 1.90. The molecule has 3 aromatic rings. The first-order valence-corrected chi connectivity index (χ1v) is 10.9. The quantitative estimate of drug-likeness (QED) is 0.248. The highest BCUT2D eigenvalue weighted by Gasteiger charge is 2.17. The molecule has 0 heterocycles. The number of esters is 1. The number of hydrogen-bond donors (Lipinski definition) is 2. The van der Waals surface area contributed by atoms with Crippen molar-refractivity contribution in [3.63, 3.8) is 0 Å². The highest BCUT2D eigenvalue weighted by atomic mass is 127. The van der Waals surface area contributed by atoms with Gasteiger partial charge in [0, 0.05) is 14.3 Å². The van der Waals surface area contributed by atoms with Crippen molar-refractivity contribution in [2.75, 3.05) is 12.4 Å². The van der Waals surface area contributed by atoms with Gasteiger partial charge in [0.15, 0.2) is 0 Å². The molecule has 0 aliphatic rings. The minimum absolute atomic E-state index is 0.0282. The van der Waals surface area contributed by atoms with Gasteiger partial charge in [0.25, 0.3) is 11.8 Å². The van der Waals surface area contributed by atoms with Crippen LogP contribution in [0.2, 0.25) is 5.02 Å². The highest BCUT2D eigenvalue weighted by molar-refractivity contribution is 14.1. The van der Waals surface area contributed by atoms with Crippen LogP contribution in [0.4, 0.5) is 5.69 Å². The Hall–Kier alpha value is -3.17. The van der Waals surface area contributed by atoms with Gasteiger partial charge in [-0.05, 0) is 76.7 Å². The summed E-state index contributed by atoms with van der Waals surface area (Å²) in [6.45, 7) is 0. The SMILES string of the molecule is COC(=O)c1cccc(NC(=O)/C(=C\c2ccc(Cl)cc2)NC(=O)c2ccccc2I)c1. The number of halogens is 2. The number of carbonyl (C=O) groups excluding carboxylic acids is 3. The van der Waals surface area contributed by atoms with Crippen molar-refractivity contribution in [3.05, 3.63) is 104 Å². The second kappa shape index (κ2) is 10.9. The molecule has 6 nitrogen and oxygen atoms in total. The molecular weight excluding hydrogens is 543 g/mol. The zero-order valence-corrected chi connectivity index (χ0v) is 19.8. The number of methoxy groups -OCH3 is 1. The van der Waals surface area contributed by atoms with Gasteiger partial charge in [0.05, 0.1) is 18.2 Å². The standard InChI is InChI=1S/C24H18ClIN2O4/c1-32-24(31)16-5-4-6-18(14-16)27-23(30)21(13-15-9-11-17(25)12-10-15)28-22(29)19-7-2-3-8-20(19)26/h2-14H,1H3,(H,27,30)(H,28,29)/b21-13+. The van der Waals surface area contributed by atoms with E-state index in [2.05, 4.69) is 33.2 Å². The van der Waals surface area contributed by atoms with Crippen molar-refractivity contribution in [1.82, 2.24) is 5.32 Å². The van der Waals surface area contributed by atoms with E-state index >= 15 is 0 Å². The summed E-state index contributed by atoms with van der Waals surface area (Å²) in [4.78, 5) is 37.7. The molecule has 3 rings (SSSR count). The van der Waals surface area contributed by atoms with Crippen LogP contribution in [0.5, 0.6) is 0 Å². The zero-order chi connectivity index (χ0) is 23.1. The third-order valence-electron chi connectivity index (χ3n) is 4.33. The maximum atomic E-state index is 13.0.